The minimum Gasteiger partial charge on any atom is -0.346 e. The Morgan fingerprint density at radius 3 is 2.58 bits per heavy atom. The molecule has 1 aliphatic rings. The normalized spacial score (nSPS) is 15.6. The van der Waals surface area contributed by atoms with Crippen LogP contribution in [0.1, 0.15) is 5.56 Å². The number of nitrogens with one attached hydrogen (secondary N) is 1. The predicted molar refractivity (Wildman–Crippen MR) is 104 cm³/mol. The average Bonchev–Trinajstić information content (AvgIpc) is 3.05. The quantitative estimate of drug-likeness (QED) is 0.830. The third-order valence-corrected chi connectivity index (χ3v) is 6.37. The van der Waals surface area contributed by atoms with Crippen molar-refractivity contribution in [2.45, 2.75) is 6.42 Å². The first-order valence-electron chi connectivity index (χ1n) is 7.83. The zero-order valence-electron chi connectivity index (χ0n) is 13.6. The van der Waals surface area contributed by atoms with Gasteiger partial charge in [0.2, 0.25) is 10.0 Å². The first kappa shape index (κ1) is 17.7. The molecule has 3 rings (SSSR count). The lowest BCUT2D eigenvalue weighted by molar-refractivity contribution is 0.588. The number of aromatic nitrogens is 1. The van der Waals surface area contributed by atoms with E-state index in [1.807, 2.05) is 23.9 Å². The molecule has 2 heterocycles. The van der Waals surface area contributed by atoms with Crippen LogP contribution in [0.4, 0.5) is 5.13 Å². The second kappa shape index (κ2) is 7.86. The molecule has 0 amide bonds. The van der Waals surface area contributed by atoms with Crippen molar-refractivity contribution in [1.29, 1.82) is 0 Å². The Kier molecular flexibility index (Phi) is 5.80. The fourth-order valence-corrected chi connectivity index (χ4v) is 4.78. The predicted octanol–water partition coefficient (Wildman–Crippen LogP) is 2.46. The molecule has 2 aromatic rings. The maximum atomic E-state index is 11.1. The number of thioether (sulfide) groups is 1. The van der Waals surface area contributed by atoms with Crippen molar-refractivity contribution in [3.63, 3.8) is 0 Å². The van der Waals surface area contributed by atoms with Crippen molar-refractivity contribution in [1.82, 2.24) is 9.71 Å². The molecule has 1 aliphatic heterocycles. The van der Waals surface area contributed by atoms with Crippen LogP contribution in [0, 0.1) is 0 Å². The molecule has 1 N–H and O–H groups in total. The van der Waals surface area contributed by atoms with Crippen molar-refractivity contribution in [2.75, 3.05) is 42.3 Å². The molecule has 1 aromatic carbocycles. The number of hydrogen-bond donors (Lipinski definition) is 1. The molecule has 24 heavy (non-hydrogen) atoms. The minimum atomic E-state index is -3.12. The Morgan fingerprint density at radius 2 is 1.92 bits per heavy atom. The Hall–Kier alpha value is -1.09. The molecule has 5 nitrogen and oxygen atoms in total. The Morgan fingerprint density at radius 1 is 1.21 bits per heavy atom. The van der Waals surface area contributed by atoms with Crippen LogP contribution in [-0.2, 0) is 16.4 Å². The zero-order valence-corrected chi connectivity index (χ0v) is 16.0. The van der Waals surface area contributed by atoms with Crippen LogP contribution in [-0.4, -0.2) is 50.8 Å². The summed E-state index contributed by atoms with van der Waals surface area (Å²) in [4.78, 5) is 7.13. The maximum Gasteiger partial charge on any atom is 0.208 e. The number of anilines is 1. The van der Waals surface area contributed by atoms with Crippen LogP contribution < -0.4 is 9.62 Å². The molecular formula is C16H21N3O2S3. The number of nitrogens with zero attached hydrogens (tertiary/aromatic N) is 2. The molecule has 1 aromatic heterocycles. The highest BCUT2D eigenvalue weighted by atomic mass is 32.2. The lowest BCUT2D eigenvalue weighted by Crippen LogP contribution is -2.32. The van der Waals surface area contributed by atoms with Crippen molar-refractivity contribution in [2.24, 2.45) is 0 Å². The molecule has 0 atom stereocenters. The molecule has 1 fully saturated rings. The minimum absolute atomic E-state index is 0.423. The van der Waals surface area contributed by atoms with E-state index >= 15 is 0 Å². The summed E-state index contributed by atoms with van der Waals surface area (Å²) in [5.74, 6) is 2.34. The Balaban J connectivity index is 1.62. The van der Waals surface area contributed by atoms with E-state index in [1.165, 1.54) is 17.8 Å². The highest BCUT2D eigenvalue weighted by Gasteiger charge is 2.15. The highest BCUT2D eigenvalue weighted by molar-refractivity contribution is 7.99. The van der Waals surface area contributed by atoms with E-state index in [4.69, 9.17) is 4.98 Å². The van der Waals surface area contributed by atoms with E-state index in [0.717, 1.165) is 35.0 Å². The van der Waals surface area contributed by atoms with Gasteiger partial charge in [-0.2, -0.15) is 11.8 Å². The van der Waals surface area contributed by atoms with E-state index in [-0.39, 0.29) is 0 Å². The van der Waals surface area contributed by atoms with Gasteiger partial charge in [0.05, 0.1) is 11.9 Å². The summed E-state index contributed by atoms with van der Waals surface area (Å²) in [5.41, 5.74) is 3.22. The number of rotatable bonds is 6. The number of hydrogen-bond acceptors (Lipinski definition) is 6. The van der Waals surface area contributed by atoms with Crippen molar-refractivity contribution < 1.29 is 8.42 Å². The first-order chi connectivity index (χ1) is 11.5. The van der Waals surface area contributed by atoms with Gasteiger partial charge < -0.3 is 4.90 Å². The van der Waals surface area contributed by atoms with Crippen molar-refractivity contribution in [3.8, 4) is 11.3 Å². The lowest BCUT2D eigenvalue weighted by atomic mass is 10.1. The molecule has 0 radical (unpaired) electrons. The molecule has 0 aliphatic carbocycles. The van der Waals surface area contributed by atoms with Crippen LogP contribution in [0.15, 0.2) is 29.6 Å². The van der Waals surface area contributed by atoms with Crippen molar-refractivity contribution in [3.05, 3.63) is 35.2 Å². The molecular weight excluding hydrogens is 362 g/mol. The maximum absolute atomic E-state index is 11.1. The zero-order chi connectivity index (χ0) is 17.0. The van der Waals surface area contributed by atoms with Gasteiger partial charge in [-0.25, -0.2) is 18.1 Å². The van der Waals surface area contributed by atoms with Crippen LogP contribution in [0.3, 0.4) is 0 Å². The summed E-state index contributed by atoms with van der Waals surface area (Å²) < 4.78 is 24.7. The van der Waals surface area contributed by atoms with Gasteiger partial charge in [-0.3, -0.25) is 0 Å². The molecule has 1 saturated heterocycles. The van der Waals surface area contributed by atoms with E-state index in [9.17, 15) is 8.42 Å². The summed E-state index contributed by atoms with van der Waals surface area (Å²) in [6, 6.07) is 8.19. The van der Waals surface area contributed by atoms with Gasteiger partial charge in [-0.1, -0.05) is 24.3 Å². The summed E-state index contributed by atoms with van der Waals surface area (Å²) in [7, 11) is -3.12. The van der Waals surface area contributed by atoms with Crippen LogP contribution in [0.2, 0.25) is 0 Å². The summed E-state index contributed by atoms with van der Waals surface area (Å²) in [5, 5.41) is 3.21. The number of sulfonamides is 1. The van der Waals surface area contributed by atoms with E-state index in [1.54, 1.807) is 11.3 Å². The SMILES string of the molecule is CS(=O)(=O)NCCc1ccc(-c2csc(N3CCSCC3)n2)cc1. The molecule has 8 heteroatoms. The smallest absolute Gasteiger partial charge is 0.208 e. The van der Waals surface area contributed by atoms with Gasteiger partial charge in [0, 0.05) is 42.1 Å². The topological polar surface area (TPSA) is 62.3 Å². The molecule has 0 bridgehead atoms. The number of benzene rings is 1. The highest BCUT2D eigenvalue weighted by Crippen LogP contribution is 2.29. The summed E-state index contributed by atoms with van der Waals surface area (Å²) >= 11 is 3.70. The molecule has 0 saturated carbocycles. The second-order valence-electron chi connectivity index (χ2n) is 5.73. The molecule has 0 spiro atoms. The van der Waals surface area contributed by atoms with Crippen LogP contribution in [0.25, 0.3) is 11.3 Å². The van der Waals surface area contributed by atoms with E-state index in [2.05, 4.69) is 27.1 Å². The lowest BCUT2D eigenvalue weighted by Gasteiger charge is -2.25. The fraction of sp³-hybridized carbons (Fsp3) is 0.438. The Bertz CT molecular complexity index is 766. The van der Waals surface area contributed by atoms with Gasteiger partial charge >= 0.3 is 0 Å². The van der Waals surface area contributed by atoms with Crippen LogP contribution >= 0.6 is 23.1 Å². The largest absolute Gasteiger partial charge is 0.346 e. The van der Waals surface area contributed by atoms with Crippen LogP contribution in [0.5, 0.6) is 0 Å². The molecule has 130 valence electrons. The standard InChI is InChI=1S/C16H21N3O2S3/c1-24(20,21)17-7-6-13-2-4-14(5-3-13)15-12-23-16(18-15)19-8-10-22-11-9-19/h2-5,12,17H,6-11H2,1H3. The second-order valence-corrected chi connectivity index (χ2v) is 9.62. The van der Waals surface area contributed by atoms with Gasteiger partial charge in [-0.05, 0) is 12.0 Å². The third-order valence-electron chi connectivity index (χ3n) is 3.80. The summed E-state index contributed by atoms with van der Waals surface area (Å²) in [6.07, 6.45) is 1.86. The van der Waals surface area contributed by atoms with E-state index in [0.29, 0.717) is 13.0 Å². The van der Waals surface area contributed by atoms with Gasteiger partial charge in [0.1, 0.15) is 0 Å². The van der Waals surface area contributed by atoms with Gasteiger partial charge in [0.15, 0.2) is 5.13 Å². The van der Waals surface area contributed by atoms with E-state index < -0.39 is 10.0 Å². The fourth-order valence-electron chi connectivity index (χ4n) is 2.52. The van der Waals surface area contributed by atoms with Crippen molar-refractivity contribution >= 4 is 38.3 Å². The third kappa shape index (κ3) is 4.95. The average molecular weight is 384 g/mol. The first-order valence-corrected chi connectivity index (χ1v) is 11.8. The Labute approximate surface area is 151 Å². The van der Waals surface area contributed by atoms with Gasteiger partial charge in [-0.15, -0.1) is 11.3 Å². The summed E-state index contributed by atoms with van der Waals surface area (Å²) in [6.45, 7) is 2.57. The van der Waals surface area contributed by atoms with Gasteiger partial charge in [0.25, 0.3) is 0 Å². The molecule has 0 unspecified atom stereocenters. The number of thiazole rings is 1. The monoisotopic (exact) mass is 383 g/mol.